The van der Waals surface area contributed by atoms with Crippen LogP contribution in [0.25, 0.3) is 0 Å². The second-order valence-corrected chi connectivity index (χ2v) is 3.28. The Morgan fingerprint density at radius 1 is 1.56 bits per heavy atom. The molecule has 1 heterocycles. The van der Waals surface area contributed by atoms with Gasteiger partial charge in [-0.1, -0.05) is 12.7 Å². The van der Waals surface area contributed by atoms with Crippen LogP contribution in [0.15, 0.2) is 24.4 Å². The molecule has 0 N–H and O–H groups in total. The molecule has 0 unspecified atom stereocenters. The lowest BCUT2D eigenvalue weighted by atomic mass is 10.3. The fraction of sp³-hybridized carbons (Fsp3) is 0.455. The second-order valence-electron chi connectivity index (χ2n) is 3.28. The van der Waals surface area contributed by atoms with E-state index in [0.717, 1.165) is 6.42 Å². The summed E-state index contributed by atoms with van der Waals surface area (Å²) in [4.78, 5) is 24.0. The van der Waals surface area contributed by atoms with Gasteiger partial charge in [-0.3, -0.25) is 4.90 Å². The summed E-state index contributed by atoms with van der Waals surface area (Å²) < 4.78 is 9.41. The van der Waals surface area contributed by atoms with Crippen LogP contribution in [0, 0.1) is 0 Å². The Labute approximate surface area is 94.3 Å². The van der Waals surface area contributed by atoms with E-state index < -0.39 is 12.1 Å². The van der Waals surface area contributed by atoms with Crippen LogP contribution in [0.5, 0.6) is 0 Å². The molecular formula is C11H15NO4. The Morgan fingerprint density at radius 2 is 2.31 bits per heavy atom. The number of allylic oxidation sites excluding steroid dienone is 1. The van der Waals surface area contributed by atoms with Crippen molar-refractivity contribution < 1.29 is 19.1 Å². The molecule has 16 heavy (non-hydrogen) atoms. The van der Waals surface area contributed by atoms with E-state index >= 15 is 0 Å². The molecule has 0 atom stereocenters. The SMILES string of the molecule is C=CCOC(=O)N1CCC/C1=C/C(=O)OC. The standard InChI is InChI=1S/C11H15NO4/c1-3-7-16-11(14)12-6-4-5-9(12)8-10(13)15-2/h3,8H,1,4-7H2,2H3/b9-8-. The van der Waals surface area contributed by atoms with Gasteiger partial charge in [0.1, 0.15) is 6.61 Å². The van der Waals surface area contributed by atoms with E-state index in [1.54, 1.807) is 0 Å². The molecule has 0 saturated carbocycles. The monoisotopic (exact) mass is 225 g/mol. The van der Waals surface area contributed by atoms with Gasteiger partial charge in [0.2, 0.25) is 0 Å². The third-order valence-corrected chi connectivity index (χ3v) is 2.19. The smallest absolute Gasteiger partial charge is 0.414 e. The van der Waals surface area contributed by atoms with Gasteiger partial charge in [0.15, 0.2) is 0 Å². The Morgan fingerprint density at radius 3 is 2.94 bits per heavy atom. The first-order valence-corrected chi connectivity index (χ1v) is 5.02. The summed E-state index contributed by atoms with van der Waals surface area (Å²) in [5, 5.41) is 0. The van der Waals surface area contributed by atoms with Crippen LogP contribution in [0.1, 0.15) is 12.8 Å². The molecule has 5 nitrogen and oxygen atoms in total. The zero-order valence-electron chi connectivity index (χ0n) is 9.27. The fourth-order valence-electron chi connectivity index (χ4n) is 1.46. The summed E-state index contributed by atoms with van der Waals surface area (Å²) in [6.07, 6.45) is 3.87. The van der Waals surface area contributed by atoms with Crippen LogP contribution in [-0.2, 0) is 14.3 Å². The fourth-order valence-corrected chi connectivity index (χ4v) is 1.46. The van der Waals surface area contributed by atoms with Gasteiger partial charge < -0.3 is 9.47 Å². The molecule has 1 amide bonds. The molecule has 1 saturated heterocycles. The maximum atomic E-state index is 11.5. The average molecular weight is 225 g/mol. The van der Waals surface area contributed by atoms with Gasteiger partial charge in [-0.15, -0.1) is 0 Å². The van der Waals surface area contributed by atoms with Crippen molar-refractivity contribution in [2.45, 2.75) is 12.8 Å². The van der Waals surface area contributed by atoms with Gasteiger partial charge >= 0.3 is 12.1 Å². The molecule has 0 aromatic carbocycles. The molecule has 0 radical (unpaired) electrons. The lowest BCUT2D eigenvalue weighted by Crippen LogP contribution is -2.27. The quantitative estimate of drug-likeness (QED) is 0.414. The molecule has 0 spiro atoms. The Balaban J connectivity index is 2.64. The molecule has 1 aliphatic heterocycles. The first-order chi connectivity index (χ1) is 7.69. The molecular weight excluding hydrogens is 210 g/mol. The van der Waals surface area contributed by atoms with Crippen LogP contribution in [0.4, 0.5) is 4.79 Å². The predicted octanol–water partition coefficient (Wildman–Crippen LogP) is 1.46. The molecule has 1 rings (SSSR count). The van der Waals surface area contributed by atoms with Gasteiger partial charge in [-0.05, 0) is 12.8 Å². The molecule has 88 valence electrons. The van der Waals surface area contributed by atoms with E-state index in [1.165, 1.54) is 24.2 Å². The largest absolute Gasteiger partial charge is 0.466 e. The zero-order valence-corrected chi connectivity index (χ0v) is 9.27. The zero-order chi connectivity index (χ0) is 12.0. The third kappa shape index (κ3) is 3.12. The van der Waals surface area contributed by atoms with Gasteiger partial charge in [-0.2, -0.15) is 0 Å². The highest BCUT2D eigenvalue weighted by molar-refractivity contribution is 5.84. The van der Waals surface area contributed by atoms with E-state index in [4.69, 9.17) is 4.74 Å². The minimum atomic E-state index is -0.460. The Bertz CT molecular complexity index is 322. The van der Waals surface area contributed by atoms with Gasteiger partial charge in [-0.25, -0.2) is 9.59 Å². The van der Waals surface area contributed by atoms with Crippen molar-refractivity contribution in [3.8, 4) is 0 Å². The number of amides is 1. The van der Waals surface area contributed by atoms with Crippen LogP contribution in [0.3, 0.4) is 0 Å². The maximum absolute atomic E-state index is 11.5. The number of methoxy groups -OCH3 is 1. The van der Waals surface area contributed by atoms with Gasteiger partial charge in [0.25, 0.3) is 0 Å². The molecule has 5 heteroatoms. The normalized spacial score (nSPS) is 17.3. The highest BCUT2D eigenvalue weighted by Gasteiger charge is 2.25. The molecule has 1 fully saturated rings. The molecule has 0 aliphatic carbocycles. The van der Waals surface area contributed by atoms with Crippen molar-refractivity contribution in [2.75, 3.05) is 20.3 Å². The third-order valence-electron chi connectivity index (χ3n) is 2.19. The summed E-state index contributed by atoms with van der Waals surface area (Å²) in [7, 11) is 1.30. The van der Waals surface area contributed by atoms with Gasteiger partial charge in [0, 0.05) is 18.3 Å². The van der Waals surface area contributed by atoms with Crippen molar-refractivity contribution >= 4 is 12.1 Å². The summed E-state index contributed by atoms with van der Waals surface area (Å²) in [5.74, 6) is -0.460. The van der Waals surface area contributed by atoms with Crippen molar-refractivity contribution in [1.82, 2.24) is 4.90 Å². The number of ether oxygens (including phenoxy) is 2. The second kappa shape index (κ2) is 5.95. The van der Waals surface area contributed by atoms with Crippen molar-refractivity contribution in [2.24, 2.45) is 0 Å². The van der Waals surface area contributed by atoms with Crippen molar-refractivity contribution in [3.63, 3.8) is 0 Å². The number of nitrogens with zero attached hydrogens (tertiary/aromatic N) is 1. The van der Waals surface area contributed by atoms with Crippen molar-refractivity contribution in [3.05, 3.63) is 24.4 Å². The van der Waals surface area contributed by atoms with Crippen molar-refractivity contribution in [1.29, 1.82) is 0 Å². The predicted molar refractivity (Wildman–Crippen MR) is 57.6 cm³/mol. The summed E-state index contributed by atoms with van der Waals surface area (Å²) in [6.45, 7) is 4.19. The number of likely N-dealkylation sites (tertiary alicyclic amines) is 1. The average Bonchev–Trinajstić information content (AvgIpc) is 2.73. The number of carbonyl (C=O) groups excluding carboxylic acids is 2. The number of esters is 1. The summed E-state index contributed by atoms with van der Waals surface area (Å²) in [5.41, 5.74) is 0.640. The highest BCUT2D eigenvalue weighted by atomic mass is 16.6. The van der Waals surface area contributed by atoms with E-state index in [1.807, 2.05) is 0 Å². The molecule has 0 aromatic heterocycles. The minimum Gasteiger partial charge on any atom is -0.466 e. The van der Waals surface area contributed by atoms with Crippen LogP contribution in [0.2, 0.25) is 0 Å². The summed E-state index contributed by atoms with van der Waals surface area (Å²) >= 11 is 0. The first kappa shape index (κ1) is 12.3. The Hall–Kier alpha value is -1.78. The van der Waals surface area contributed by atoms with Gasteiger partial charge in [0.05, 0.1) is 7.11 Å². The van der Waals surface area contributed by atoms with E-state index in [-0.39, 0.29) is 6.61 Å². The lowest BCUT2D eigenvalue weighted by Gasteiger charge is -2.16. The maximum Gasteiger partial charge on any atom is 0.414 e. The molecule has 0 bridgehead atoms. The number of hydrogen-bond acceptors (Lipinski definition) is 4. The topological polar surface area (TPSA) is 55.8 Å². The van der Waals surface area contributed by atoms with E-state index in [0.29, 0.717) is 18.7 Å². The highest BCUT2D eigenvalue weighted by Crippen LogP contribution is 2.21. The number of rotatable bonds is 3. The van der Waals surface area contributed by atoms with E-state index in [2.05, 4.69) is 11.3 Å². The van der Waals surface area contributed by atoms with Crippen LogP contribution >= 0.6 is 0 Å². The first-order valence-electron chi connectivity index (χ1n) is 5.02. The number of carbonyl (C=O) groups is 2. The lowest BCUT2D eigenvalue weighted by molar-refractivity contribution is -0.134. The molecule has 0 aromatic rings. The number of hydrogen-bond donors (Lipinski definition) is 0. The van der Waals surface area contributed by atoms with Crippen LogP contribution in [-0.4, -0.2) is 37.2 Å². The van der Waals surface area contributed by atoms with E-state index in [9.17, 15) is 9.59 Å². The molecule has 1 aliphatic rings. The summed E-state index contributed by atoms with van der Waals surface area (Å²) in [6, 6.07) is 0. The Kier molecular flexibility index (Phi) is 4.57. The van der Waals surface area contributed by atoms with Crippen LogP contribution < -0.4 is 0 Å². The minimum absolute atomic E-state index is 0.167.